The Morgan fingerprint density at radius 2 is 1.96 bits per heavy atom. The standard InChI is InChI=1S/C16H16N6O2/c1-12(16(23)18-10-13-6-8-17-9-7-13)24-15-4-2-14(3-5-15)22-11-19-20-21-22/h2-9,11-12H,10H2,1H3,(H,18,23)/t12-/m1/s1. The summed E-state index contributed by atoms with van der Waals surface area (Å²) in [5.74, 6) is 0.412. The first-order chi connectivity index (χ1) is 11.7. The molecule has 2 aromatic heterocycles. The van der Waals surface area contributed by atoms with Gasteiger partial charge < -0.3 is 10.1 Å². The molecule has 0 aliphatic heterocycles. The molecule has 1 N–H and O–H groups in total. The van der Waals surface area contributed by atoms with Gasteiger partial charge in [0, 0.05) is 18.9 Å². The van der Waals surface area contributed by atoms with Crippen molar-refractivity contribution in [3.63, 3.8) is 0 Å². The van der Waals surface area contributed by atoms with Gasteiger partial charge in [0.05, 0.1) is 5.69 Å². The third kappa shape index (κ3) is 3.92. The predicted octanol–water partition coefficient (Wildman–Crippen LogP) is 1.14. The molecule has 0 aliphatic carbocycles. The van der Waals surface area contributed by atoms with E-state index in [0.717, 1.165) is 11.3 Å². The summed E-state index contributed by atoms with van der Waals surface area (Å²) in [5, 5.41) is 13.8. The van der Waals surface area contributed by atoms with E-state index in [0.29, 0.717) is 12.3 Å². The van der Waals surface area contributed by atoms with Crippen molar-refractivity contribution in [1.29, 1.82) is 0 Å². The number of ether oxygens (including phenoxy) is 1. The van der Waals surface area contributed by atoms with Gasteiger partial charge in [-0.2, -0.15) is 0 Å². The molecular formula is C16H16N6O2. The number of carbonyl (C=O) groups excluding carboxylic acids is 1. The number of hydrogen-bond donors (Lipinski definition) is 1. The van der Waals surface area contributed by atoms with Crippen LogP contribution in [0.4, 0.5) is 0 Å². The Hall–Kier alpha value is -3.29. The van der Waals surface area contributed by atoms with Gasteiger partial charge in [-0.15, -0.1) is 5.10 Å². The molecular weight excluding hydrogens is 308 g/mol. The molecule has 122 valence electrons. The summed E-state index contributed by atoms with van der Waals surface area (Å²) in [5.41, 5.74) is 1.79. The minimum atomic E-state index is -0.606. The molecule has 0 saturated carbocycles. The lowest BCUT2D eigenvalue weighted by Gasteiger charge is -2.15. The molecule has 1 amide bonds. The second-order valence-corrected chi connectivity index (χ2v) is 5.08. The van der Waals surface area contributed by atoms with Crippen molar-refractivity contribution in [1.82, 2.24) is 30.5 Å². The summed E-state index contributed by atoms with van der Waals surface area (Å²) in [7, 11) is 0. The number of pyridine rings is 1. The molecule has 0 spiro atoms. The Balaban J connectivity index is 1.54. The second-order valence-electron chi connectivity index (χ2n) is 5.08. The smallest absolute Gasteiger partial charge is 0.261 e. The van der Waals surface area contributed by atoms with Crippen LogP contribution in [0.2, 0.25) is 0 Å². The summed E-state index contributed by atoms with van der Waals surface area (Å²) in [6, 6.07) is 10.9. The van der Waals surface area contributed by atoms with Gasteiger partial charge >= 0.3 is 0 Å². The van der Waals surface area contributed by atoms with E-state index in [4.69, 9.17) is 4.74 Å². The maximum Gasteiger partial charge on any atom is 0.261 e. The molecule has 0 bridgehead atoms. The third-order valence-corrected chi connectivity index (χ3v) is 3.35. The fourth-order valence-corrected chi connectivity index (χ4v) is 2.05. The first-order valence-corrected chi connectivity index (χ1v) is 7.39. The van der Waals surface area contributed by atoms with E-state index in [1.807, 2.05) is 24.3 Å². The van der Waals surface area contributed by atoms with Crippen molar-refractivity contribution >= 4 is 5.91 Å². The van der Waals surface area contributed by atoms with E-state index >= 15 is 0 Å². The Morgan fingerprint density at radius 3 is 2.62 bits per heavy atom. The molecule has 0 unspecified atom stereocenters. The van der Waals surface area contributed by atoms with Crippen molar-refractivity contribution in [2.75, 3.05) is 0 Å². The van der Waals surface area contributed by atoms with Crippen molar-refractivity contribution in [2.45, 2.75) is 19.6 Å². The van der Waals surface area contributed by atoms with Crippen LogP contribution in [0.3, 0.4) is 0 Å². The van der Waals surface area contributed by atoms with Crippen LogP contribution in [-0.4, -0.2) is 37.2 Å². The average molecular weight is 324 g/mol. The van der Waals surface area contributed by atoms with Gasteiger partial charge in [-0.1, -0.05) is 0 Å². The lowest BCUT2D eigenvalue weighted by atomic mass is 10.2. The molecule has 2 heterocycles. The molecule has 0 fully saturated rings. The Labute approximate surface area is 138 Å². The van der Waals surface area contributed by atoms with Gasteiger partial charge in [-0.25, -0.2) is 4.68 Å². The molecule has 0 radical (unpaired) electrons. The molecule has 1 aromatic carbocycles. The first kappa shape index (κ1) is 15.6. The maximum absolute atomic E-state index is 12.1. The molecule has 8 nitrogen and oxygen atoms in total. The normalized spacial score (nSPS) is 11.7. The van der Waals surface area contributed by atoms with Crippen LogP contribution in [0.15, 0.2) is 55.1 Å². The number of hydrogen-bond acceptors (Lipinski definition) is 6. The number of carbonyl (C=O) groups is 1. The highest BCUT2D eigenvalue weighted by molar-refractivity contribution is 5.80. The van der Waals surface area contributed by atoms with Gasteiger partial charge in [-0.05, 0) is 59.3 Å². The van der Waals surface area contributed by atoms with E-state index in [1.165, 1.54) is 11.0 Å². The number of amides is 1. The Kier molecular flexibility index (Phi) is 4.76. The minimum Gasteiger partial charge on any atom is -0.481 e. The number of rotatable bonds is 6. The highest BCUT2D eigenvalue weighted by Crippen LogP contribution is 2.15. The molecule has 8 heteroatoms. The Morgan fingerprint density at radius 1 is 1.21 bits per heavy atom. The lowest BCUT2D eigenvalue weighted by molar-refractivity contribution is -0.127. The van der Waals surface area contributed by atoms with E-state index < -0.39 is 6.10 Å². The van der Waals surface area contributed by atoms with Crippen LogP contribution in [0.5, 0.6) is 5.75 Å². The van der Waals surface area contributed by atoms with Crippen molar-refractivity contribution in [3.05, 3.63) is 60.7 Å². The quantitative estimate of drug-likeness (QED) is 0.730. The van der Waals surface area contributed by atoms with E-state index in [9.17, 15) is 4.79 Å². The number of nitrogens with zero attached hydrogens (tertiary/aromatic N) is 5. The fourth-order valence-electron chi connectivity index (χ4n) is 2.05. The largest absolute Gasteiger partial charge is 0.481 e. The number of aromatic nitrogens is 5. The van der Waals surface area contributed by atoms with Gasteiger partial charge in [0.15, 0.2) is 6.10 Å². The van der Waals surface area contributed by atoms with Gasteiger partial charge in [0.2, 0.25) is 0 Å². The molecule has 3 rings (SSSR count). The molecule has 0 saturated heterocycles. The van der Waals surface area contributed by atoms with Crippen molar-refractivity contribution < 1.29 is 9.53 Å². The maximum atomic E-state index is 12.1. The van der Waals surface area contributed by atoms with Crippen LogP contribution < -0.4 is 10.1 Å². The number of nitrogens with one attached hydrogen (secondary N) is 1. The third-order valence-electron chi connectivity index (χ3n) is 3.35. The van der Waals surface area contributed by atoms with Crippen LogP contribution in [0, 0.1) is 0 Å². The second kappa shape index (κ2) is 7.32. The van der Waals surface area contributed by atoms with Crippen LogP contribution in [0.1, 0.15) is 12.5 Å². The van der Waals surface area contributed by atoms with Gasteiger partial charge in [-0.3, -0.25) is 9.78 Å². The summed E-state index contributed by atoms with van der Waals surface area (Å²) in [6.07, 6.45) is 4.28. The lowest BCUT2D eigenvalue weighted by Crippen LogP contribution is -2.35. The minimum absolute atomic E-state index is 0.184. The van der Waals surface area contributed by atoms with Crippen LogP contribution in [0.25, 0.3) is 5.69 Å². The zero-order valence-electron chi connectivity index (χ0n) is 13.0. The number of benzene rings is 1. The SMILES string of the molecule is C[C@@H](Oc1ccc(-n2cnnn2)cc1)C(=O)NCc1ccncc1. The zero-order chi connectivity index (χ0) is 16.8. The van der Waals surface area contributed by atoms with Crippen LogP contribution >= 0.6 is 0 Å². The molecule has 24 heavy (non-hydrogen) atoms. The molecule has 0 aliphatic rings. The predicted molar refractivity (Wildman–Crippen MR) is 85.3 cm³/mol. The molecule has 1 atom stereocenters. The van der Waals surface area contributed by atoms with Gasteiger partial charge in [0.25, 0.3) is 5.91 Å². The van der Waals surface area contributed by atoms with E-state index in [-0.39, 0.29) is 5.91 Å². The zero-order valence-corrected chi connectivity index (χ0v) is 13.0. The highest BCUT2D eigenvalue weighted by Gasteiger charge is 2.14. The summed E-state index contributed by atoms with van der Waals surface area (Å²) in [6.45, 7) is 2.14. The highest BCUT2D eigenvalue weighted by atomic mass is 16.5. The topological polar surface area (TPSA) is 94.8 Å². The summed E-state index contributed by atoms with van der Waals surface area (Å²) < 4.78 is 7.19. The Bertz CT molecular complexity index is 774. The number of tetrazole rings is 1. The first-order valence-electron chi connectivity index (χ1n) is 7.39. The van der Waals surface area contributed by atoms with Gasteiger partial charge in [0.1, 0.15) is 12.1 Å². The van der Waals surface area contributed by atoms with Crippen LogP contribution in [-0.2, 0) is 11.3 Å². The van der Waals surface area contributed by atoms with E-state index in [2.05, 4.69) is 25.8 Å². The van der Waals surface area contributed by atoms with E-state index in [1.54, 1.807) is 31.5 Å². The monoisotopic (exact) mass is 324 g/mol. The summed E-state index contributed by atoms with van der Waals surface area (Å²) >= 11 is 0. The summed E-state index contributed by atoms with van der Waals surface area (Å²) in [4.78, 5) is 16.0. The fraction of sp³-hybridized carbons (Fsp3) is 0.188. The molecule has 3 aromatic rings. The van der Waals surface area contributed by atoms with Crippen molar-refractivity contribution in [3.8, 4) is 11.4 Å². The average Bonchev–Trinajstić information content (AvgIpc) is 3.16. The van der Waals surface area contributed by atoms with Crippen molar-refractivity contribution in [2.24, 2.45) is 0 Å².